The highest BCUT2D eigenvalue weighted by Gasteiger charge is 2.32. The predicted octanol–water partition coefficient (Wildman–Crippen LogP) is 3.78. The van der Waals surface area contributed by atoms with Gasteiger partial charge < -0.3 is 14.9 Å². The number of methoxy groups -OCH3 is 1. The number of allylic oxidation sites excluding steroid dienone is 1. The van der Waals surface area contributed by atoms with E-state index in [-0.39, 0.29) is 18.4 Å². The minimum absolute atomic E-state index is 0.0961. The van der Waals surface area contributed by atoms with Gasteiger partial charge in [0, 0.05) is 32.5 Å². The van der Waals surface area contributed by atoms with E-state index in [2.05, 4.69) is 12.1 Å². The molecule has 3 atom stereocenters. The van der Waals surface area contributed by atoms with Crippen LogP contribution >= 0.6 is 11.8 Å². The van der Waals surface area contributed by atoms with Crippen LogP contribution in [0.3, 0.4) is 0 Å². The number of ketones is 1. The van der Waals surface area contributed by atoms with Gasteiger partial charge in [0.25, 0.3) is 0 Å². The van der Waals surface area contributed by atoms with Gasteiger partial charge in [-0.3, -0.25) is 4.79 Å². The van der Waals surface area contributed by atoms with E-state index in [0.29, 0.717) is 25.2 Å². The lowest BCUT2D eigenvalue weighted by atomic mass is 9.92. The van der Waals surface area contributed by atoms with E-state index in [1.165, 1.54) is 0 Å². The van der Waals surface area contributed by atoms with Gasteiger partial charge in [-0.25, -0.2) is 0 Å². The molecule has 0 saturated heterocycles. The van der Waals surface area contributed by atoms with Crippen LogP contribution in [-0.4, -0.2) is 47.3 Å². The van der Waals surface area contributed by atoms with Crippen LogP contribution in [0.2, 0.25) is 0 Å². The number of rotatable bonds is 13. The molecule has 4 nitrogen and oxygen atoms in total. The first-order valence-electron chi connectivity index (χ1n) is 10.3. The Kier molecular flexibility index (Phi) is 10.9. The monoisotopic (exact) mass is 406 g/mol. The van der Waals surface area contributed by atoms with Gasteiger partial charge in [-0.1, -0.05) is 36.4 Å². The van der Waals surface area contributed by atoms with Gasteiger partial charge in [-0.2, -0.15) is 11.8 Å². The maximum atomic E-state index is 12.2. The van der Waals surface area contributed by atoms with Gasteiger partial charge >= 0.3 is 0 Å². The second-order valence-electron chi connectivity index (χ2n) is 7.52. The molecule has 0 unspecified atom stereocenters. The summed E-state index contributed by atoms with van der Waals surface area (Å²) >= 11 is 1.87. The number of benzene rings is 1. The maximum absolute atomic E-state index is 12.2. The molecule has 2 rings (SSSR count). The van der Waals surface area contributed by atoms with Gasteiger partial charge in [-0.05, 0) is 54.2 Å². The van der Waals surface area contributed by atoms with Crippen molar-refractivity contribution >= 4 is 17.5 Å². The number of carbonyl (C=O) groups excluding carboxylic acids is 1. The summed E-state index contributed by atoms with van der Waals surface area (Å²) < 4.78 is 5.16. The summed E-state index contributed by atoms with van der Waals surface area (Å²) in [6.07, 6.45) is 8.31. The van der Waals surface area contributed by atoms with Crippen LogP contribution < -0.4 is 0 Å². The molecule has 0 aromatic heterocycles. The van der Waals surface area contributed by atoms with Crippen molar-refractivity contribution in [1.82, 2.24) is 0 Å². The molecule has 2 N–H and O–H groups in total. The standard InChI is InChI=1S/C23H34O4S/c1-27-17-19-6-4-5-18(15-19)16-21(25)9-7-20-8-10-23(26)22(20)11-14-28-13-3-2-12-24/h4-7,9,15,20-22,24-25H,2-3,8,10-14,16-17H2,1H3/t20-,21+,22+/m0/s1. The molecule has 1 aromatic rings. The van der Waals surface area contributed by atoms with E-state index in [9.17, 15) is 9.90 Å². The molecule has 28 heavy (non-hydrogen) atoms. The van der Waals surface area contributed by atoms with Crippen LogP contribution in [0.15, 0.2) is 36.4 Å². The number of aliphatic hydroxyl groups excluding tert-OH is 2. The molecule has 1 fully saturated rings. The third kappa shape index (κ3) is 8.08. The largest absolute Gasteiger partial charge is 0.396 e. The van der Waals surface area contributed by atoms with Crippen molar-refractivity contribution in [1.29, 1.82) is 0 Å². The summed E-state index contributed by atoms with van der Waals surface area (Å²) in [5.41, 5.74) is 2.19. The van der Waals surface area contributed by atoms with E-state index in [1.807, 2.05) is 36.0 Å². The smallest absolute Gasteiger partial charge is 0.136 e. The Hall–Kier alpha value is -1.14. The molecule has 0 radical (unpaired) electrons. The molecule has 1 aliphatic carbocycles. The lowest BCUT2D eigenvalue weighted by molar-refractivity contribution is -0.121. The van der Waals surface area contributed by atoms with Crippen molar-refractivity contribution in [3.05, 3.63) is 47.5 Å². The summed E-state index contributed by atoms with van der Waals surface area (Å²) in [7, 11) is 1.68. The zero-order valence-electron chi connectivity index (χ0n) is 16.9. The van der Waals surface area contributed by atoms with Gasteiger partial charge in [0.1, 0.15) is 5.78 Å². The quantitative estimate of drug-likeness (QED) is 0.385. The number of aliphatic hydroxyl groups is 2. The fourth-order valence-corrected chi connectivity index (χ4v) is 4.79. The number of hydrogen-bond acceptors (Lipinski definition) is 5. The second-order valence-corrected chi connectivity index (χ2v) is 8.74. The van der Waals surface area contributed by atoms with Gasteiger partial charge in [0.15, 0.2) is 0 Å². The van der Waals surface area contributed by atoms with Gasteiger partial charge in [0.2, 0.25) is 0 Å². The Morgan fingerprint density at radius 3 is 2.89 bits per heavy atom. The third-order valence-corrected chi connectivity index (χ3v) is 6.35. The summed E-state index contributed by atoms with van der Waals surface area (Å²) in [4.78, 5) is 12.2. The van der Waals surface area contributed by atoms with Gasteiger partial charge in [-0.15, -0.1) is 0 Å². The van der Waals surface area contributed by atoms with Crippen molar-refractivity contribution in [2.24, 2.45) is 11.8 Å². The zero-order valence-corrected chi connectivity index (χ0v) is 17.7. The SMILES string of the molecule is COCc1cccc(C[C@H](O)C=C[C@H]2CCC(=O)[C@@H]2CCSCCCCO)c1. The number of unbranched alkanes of at least 4 members (excludes halogenated alkanes) is 1. The molecular formula is C23H34O4S. The first-order valence-corrected chi connectivity index (χ1v) is 11.4. The predicted molar refractivity (Wildman–Crippen MR) is 115 cm³/mol. The fraction of sp³-hybridized carbons (Fsp3) is 0.609. The molecule has 0 amide bonds. The van der Waals surface area contributed by atoms with Crippen LogP contribution in [-0.2, 0) is 22.6 Å². The Bertz CT molecular complexity index is 616. The van der Waals surface area contributed by atoms with Crippen LogP contribution in [0.1, 0.15) is 43.2 Å². The van der Waals surface area contributed by atoms with Crippen LogP contribution in [0.5, 0.6) is 0 Å². The fourth-order valence-electron chi connectivity index (χ4n) is 3.76. The van der Waals surface area contributed by atoms with Crippen molar-refractivity contribution in [2.75, 3.05) is 25.2 Å². The molecule has 0 spiro atoms. The zero-order chi connectivity index (χ0) is 20.2. The molecule has 0 bridgehead atoms. The second kappa shape index (κ2) is 13.2. The Balaban J connectivity index is 1.80. The van der Waals surface area contributed by atoms with E-state index < -0.39 is 6.10 Å². The van der Waals surface area contributed by atoms with Crippen LogP contribution in [0.25, 0.3) is 0 Å². The Morgan fingerprint density at radius 1 is 1.29 bits per heavy atom. The molecule has 1 aromatic carbocycles. The summed E-state index contributed by atoms with van der Waals surface area (Å²) in [5, 5.41) is 19.2. The molecule has 5 heteroatoms. The highest BCUT2D eigenvalue weighted by molar-refractivity contribution is 7.99. The number of ether oxygens (including phenoxy) is 1. The minimum atomic E-state index is -0.540. The normalized spacial score (nSPS) is 20.9. The average molecular weight is 407 g/mol. The average Bonchev–Trinajstić information content (AvgIpc) is 3.03. The number of Topliss-reactive ketones (excluding diaryl/α,β-unsaturated/α-hetero) is 1. The van der Waals surface area contributed by atoms with Crippen molar-refractivity contribution in [3.63, 3.8) is 0 Å². The van der Waals surface area contributed by atoms with E-state index in [0.717, 1.165) is 48.3 Å². The Labute approximate surface area is 173 Å². The lowest BCUT2D eigenvalue weighted by Gasteiger charge is -2.15. The molecule has 0 aliphatic heterocycles. The minimum Gasteiger partial charge on any atom is -0.396 e. The number of carbonyl (C=O) groups is 1. The summed E-state index contributed by atoms with van der Waals surface area (Å²) in [6.45, 7) is 0.831. The van der Waals surface area contributed by atoms with Gasteiger partial charge in [0.05, 0.1) is 12.7 Å². The highest BCUT2D eigenvalue weighted by Crippen LogP contribution is 2.33. The van der Waals surface area contributed by atoms with E-state index in [4.69, 9.17) is 9.84 Å². The summed E-state index contributed by atoms with van der Waals surface area (Å²) in [5.74, 6) is 2.75. The van der Waals surface area contributed by atoms with E-state index in [1.54, 1.807) is 7.11 Å². The maximum Gasteiger partial charge on any atom is 0.136 e. The van der Waals surface area contributed by atoms with Crippen molar-refractivity contribution < 1.29 is 19.7 Å². The Morgan fingerprint density at radius 2 is 2.11 bits per heavy atom. The van der Waals surface area contributed by atoms with Crippen molar-refractivity contribution in [2.45, 2.75) is 51.2 Å². The number of hydrogen-bond donors (Lipinski definition) is 2. The van der Waals surface area contributed by atoms with Crippen LogP contribution in [0.4, 0.5) is 0 Å². The lowest BCUT2D eigenvalue weighted by Crippen LogP contribution is -2.15. The van der Waals surface area contributed by atoms with E-state index >= 15 is 0 Å². The molecule has 1 saturated carbocycles. The first kappa shape index (κ1) is 23.1. The molecule has 0 heterocycles. The number of thioether (sulfide) groups is 1. The molecular weight excluding hydrogens is 372 g/mol. The molecule has 1 aliphatic rings. The summed E-state index contributed by atoms with van der Waals surface area (Å²) in [6, 6.07) is 8.10. The highest BCUT2D eigenvalue weighted by atomic mass is 32.2. The topological polar surface area (TPSA) is 66.8 Å². The first-order chi connectivity index (χ1) is 13.6. The third-order valence-electron chi connectivity index (χ3n) is 5.25. The van der Waals surface area contributed by atoms with Crippen LogP contribution in [0, 0.1) is 11.8 Å². The molecule has 156 valence electrons. The van der Waals surface area contributed by atoms with Crippen molar-refractivity contribution in [3.8, 4) is 0 Å².